The van der Waals surface area contributed by atoms with E-state index in [1.54, 1.807) is 20.8 Å². The standard InChI is InChI=1S/C39H43NO6S2/c1-5-10-27-15-17-28(18-16-27)34-19-20-35(47-34)39(25-36(41)46-38(2,3)4)21-22-40(23-24-48(39,43)44)37(42)45-26-33-31-13-8-6-11-29(31)30-12-7-9-14-32(30)33/h6-9,11-20,33H,5,10,21-26H2,1-4H3. The van der Waals surface area contributed by atoms with E-state index in [0.29, 0.717) is 4.88 Å². The van der Waals surface area contributed by atoms with E-state index in [0.717, 1.165) is 45.5 Å². The summed E-state index contributed by atoms with van der Waals surface area (Å²) in [7, 11) is -3.93. The Labute approximate surface area is 287 Å². The summed E-state index contributed by atoms with van der Waals surface area (Å²) in [5, 5.41) is 0. The summed E-state index contributed by atoms with van der Waals surface area (Å²) in [6, 6.07) is 28.3. The molecule has 1 unspecified atom stereocenters. The van der Waals surface area contributed by atoms with Crippen LogP contribution in [0.1, 0.15) is 74.4 Å². The molecule has 2 aliphatic rings. The molecule has 252 valence electrons. The number of amides is 1. The maximum atomic E-state index is 14.3. The summed E-state index contributed by atoms with van der Waals surface area (Å²) in [6.07, 6.45) is 1.21. The largest absolute Gasteiger partial charge is 0.460 e. The first-order chi connectivity index (χ1) is 22.9. The van der Waals surface area contributed by atoms with Gasteiger partial charge in [-0.3, -0.25) is 4.79 Å². The van der Waals surface area contributed by atoms with Gasteiger partial charge in [0.1, 0.15) is 17.0 Å². The van der Waals surface area contributed by atoms with Crippen molar-refractivity contribution in [3.05, 3.63) is 106 Å². The van der Waals surface area contributed by atoms with Gasteiger partial charge in [-0.15, -0.1) is 11.3 Å². The SMILES string of the molecule is CCCc1ccc(-c2ccc(C3(CC(=O)OC(C)(C)C)CCN(C(=O)OCC4c5ccccc5-c5ccccc54)CCS3(=O)=O)s2)cc1. The first-order valence-corrected chi connectivity index (χ1v) is 19.1. The van der Waals surface area contributed by atoms with Crippen molar-refractivity contribution in [1.29, 1.82) is 0 Å². The molecule has 7 nitrogen and oxygen atoms in total. The van der Waals surface area contributed by atoms with Crippen molar-refractivity contribution < 1.29 is 27.5 Å². The highest BCUT2D eigenvalue weighted by atomic mass is 32.2. The molecule has 2 heterocycles. The van der Waals surface area contributed by atoms with Gasteiger partial charge in [0.25, 0.3) is 0 Å². The van der Waals surface area contributed by atoms with Gasteiger partial charge in [-0.2, -0.15) is 0 Å². The van der Waals surface area contributed by atoms with Crippen LogP contribution in [0, 0.1) is 0 Å². The summed E-state index contributed by atoms with van der Waals surface area (Å²) in [4.78, 5) is 29.9. The molecule has 3 aromatic carbocycles. The summed E-state index contributed by atoms with van der Waals surface area (Å²) >= 11 is 1.38. The molecule has 1 atom stereocenters. The van der Waals surface area contributed by atoms with Crippen molar-refractivity contribution in [2.75, 3.05) is 25.4 Å². The zero-order valence-electron chi connectivity index (χ0n) is 28.0. The fourth-order valence-corrected chi connectivity index (χ4v) is 10.5. The lowest BCUT2D eigenvalue weighted by molar-refractivity contribution is -0.155. The Morgan fingerprint density at radius 2 is 1.54 bits per heavy atom. The Morgan fingerprint density at radius 1 is 0.896 bits per heavy atom. The average molecular weight is 686 g/mol. The first-order valence-electron chi connectivity index (χ1n) is 16.6. The molecule has 0 saturated carbocycles. The Hall–Kier alpha value is -3.95. The van der Waals surface area contributed by atoms with Gasteiger partial charge in [0.05, 0.1) is 12.2 Å². The highest BCUT2D eigenvalue weighted by Crippen LogP contribution is 2.47. The number of fused-ring (bicyclic) bond motifs is 3. The molecule has 48 heavy (non-hydrogen) atoms. The van der Waals surface area contributed by atoms with E-state index >= 15 is 0 Å². The van der Waals surface area contributed by atoms with Gasteiger partial charge in [0.15, 0.2) is 9.84 Å². The van der Waals surface area contributed by atoms with Crippen LogP contribution in [0.2, 0.25) is 0 Å². The fourth-order valence-electron chi connectivity index (χ4n) is 6.91. The van der Waals surface area contributed by atoms with Crippen molar-refractivity contribution in [1.82, 2.24) is 4.90 Å². The van der Waals surface area contributed by atoms with E-state index in [4.69, 9.17) is 9.47 Å². The molecular weight excluding hydrogens is 643 g/mol. The van der Waals surface area contributed by atoms with Crippen LogP contribution in [0.4, 0.5) is 4.79 Å². The predicted octanol–water partition coefficient (Wildman–Crippen LogP) is 8.36. The fraction of sp³-hybridized carbons (Fsp3) is 0.385. The van der Waals surface area contributed by atoms with Crippen molar-refractivity contribution >= 4 is 33.2 Å². The van der Waals surface area contributed by atoms with Crippen LogP contribution in [0.15, 0.2) is 84.9 Å². The smallest absolute Gasteiger partial charge is 0.409 e. The third kappa shape index (κ3) is 6.80. The quantitative estimate of drug-likeness (QED) is 0.173. The Balaban J connectivity index is 1.25. The number of aryl methyl sites for hydroxylation is 1. The second kappa shape index (κ2) is 13.5. The molecule has 1 aliphatic heterocycles. The van der Waals surface area contributed by atoms with E-state index in [1.807, 2.05) is 36.4 Å². The van der Waals surface area contributed by atoms with Crippen molar-refractivity contribution in [2.45, 2.75) is 69.6 Å². The van der Waals surface area contributed by atoms with Crippen LogP contribution < -0.4 is 0 Å². The van der Waals surface area contributed by atoms with E-state index in [-0.39, 0.29) is 44.2 Å². The number of hydrogen-bond donors (Lipinski definition) is 0. The number of hydrogen-bond acceptors (Lipinski definition) is 7. The number of thiophene rings is 1. The third-order valence-corrected chi connectivity index (χ3v) is 13.2. The summed E-state index contributed by atoms with van der Waals surface area (Å²) in [5.74, 6) is -0.984. The second-order valence-corrected chi connectivity index (χ2v) is 17.2. The van der Waals surface area contributed by atoms with Gasteiger partial charge in [0.2, 0.25) is 0 Å². The van der Waals surface area contributed by atoms with E-state index in [2.05, 4.69) is 55.5 Å². The lowest BCUT2D eigenvalue weighted by atomic mass is 9.97. The molecule has 0 spiro atoms. The first kappa shape index (κ1) is 33.9. The molecule has 1 fully saturated rings. The second-order valence-electron chi connectivity index (χ2n) is 13.7. The highest BCUT2D eigenvalue weighted by Gasteiger charge is 2.51. The summed E-state index contributed by atoms with van der Waals surface area (Å²) < 4.78 is 38.7. The van der Waals surface area contributed by atoms with Crippen LogP contribution in [0.3, 0.4) is 0 Å². The summed E-state index contributed by atoms with van der Waals surface area (Å²) in [5.41, 5.74) is 5.94. The van der Waals surface area contributed by atoms with E-state index < -0.39 is 32.2 Å². The molecule has 4 aromatic rings. The van der Waals surface area contributed by atoms with E-state index in [9.17, 15) is 18.0 Å². The molecule has 0 bridgehead atoms. The van der Waals surface area contributed by atoms with Crippen molar-refractivity contribution in [3.8, 4) is 21.6 Å². The topological polar surface area (TPSA) is 90.0 Å². The molecule has 9 heteroatoms. The van der Waals surface area contributed by atoms with Crippen LogP contribution >= 0.6 is 11.3 Å². The Morgan fingerprint density at radius 3 is 2.17 bits per heavy atom. The lowest BCUT2D eigenvalue weighted by Crippen LogP contribution is -2.40. The zero-order valence-corrected chi connectivity index (χ0v) is 29.7. The lowest BCUT2D eigenvalue weighted by Gasteiger charge is -2.31. The monoisotopic (exact) mass is 685 g/mol. The Kier molecular flexibility index (Phi) is 9.55. The Bertz CT molecular complexity index is 1860. The molecule has 1 aromatic heterocycles. The normalized spacial score (nSPS) is 18.9. The van der Waals surface area contributed by atoms with Crippen LogP contribution in [-0.2, 0) is 35.3 Å². The van der Waals surface area contributed by atoms with Crippen molar-refractivity contribution in [2.24, 2.45) is 0 Å². The van der Waals surface area contributed by atoms with Gasteiger partial charge >= 0.3 is 12.1 Å². The van der Waals surface area contributed by atoms with Gasteiger partial charge in [-0.05, 0) is 79.1 Å². The van der Waals surface area contributed by atoms with Crippen molar-refractivity contribution in [3.63, 3.8) is 0 Å². The number of carbonyl (C=O) groups is 2. The number of nitrogens with zero attached hydrogens (tertiary/aromatic N) is 1. The number of carbonyl (C=O) groups excluding carboxylic acids is 2. The van der Waals surface area contributed by atoms with Crippen LogP contribution in [-0.4, -0.2) is 56.4 Å². The molecule has 1 saturated heterocycles. The number of benzene rings is 3. The molecular formula is C39H43NO6S2. The van der Waals surface area contributed by atoms with Gasteiger partial charge in [-0.1, -0.05) is 86.1 Å². The van der Waals surface area contributed by atoms with Gasteiger partial charge < -0.3 is 14.4 Å². The molecule has 0 N–H and O–H groups in total. The maximum Gasteiger partial charge on any atom is 0.409 e. The molecule has 6 rings (SSSR count). The minimum atomic E-state index is -3.93. The number of rotatable bonds is 8. The zero-order chi connectivity index (χ0) is 34.1. The highest BCUT2D eigenvalue weighted by molar-refractivity contribution is 7.92. The number of sulfone groups is 1. The predicted molar refractivity (Wildman–Crippen MR) is 191 cm³/mol. The van der Waals surface area contributed by atoms with E-state index in [1.165, 1.54) is 21.8 Å². The molecule has 1 amide bonds. The number of esters is 1. The van der Waals surface area contributed by atoms with Gasteiger partial charge in [0, 0.05) is 28.8 Å². The average Bonchev–Trinajstić information content (AvgIpc) is 3.63. The number of ether oxygens (including phenoxy) is 2. The third-order valence-electron chi connectivity index (χ3n) is 9.29. The van der Waals surface area contributed by atoms with Crippen LogP contribution in [0.25, 0.3) is 21.6 Å². The van der Waals surface area contributed by atoms with Crippen LogP contribution in [0.5, 0.6) is 0 Å². The molecule has 1 aliphatic carbocycles. The minimum absolute atomic E-state index is 0.0216. The molecule has 0 radical (unpaired) electrons. The maximum absolute atomic E-state index is 14.3. The minimum Gasteiger partial charge on any atom is -0.460 e. The van der Waals surface area contributed by atoms with Gasteiger partial charge in [-0.25, -0.2) is 13.2 Å². The summed E-state index contributed by atoms with van der Waals surface area (Å²) in [6.45, 7) is 7.69.